The molecule has 134 valence electrons. The number of nitrogens with one attached hydrogen (secondary N) is 1. The number of pyridine rings is 1. The maximum Gasteiger partial charge on any atom is 0.230 e. The van der Waals surface area contributed by atoms with Crippen molar-refractivity contribution < 1.29 is 4.79 Å². The SMILES string of the molecule is CCn1c(SCC(=O)NCc2cccnc2)nnc1-c1cccc(C)c1. The first-order chi connectivity index (χ1) is 12.7. The van der Waals surface area contributed by atoms with Crippen LogP contribution in [0.15, 0.2) is 53.9 Å². The Morgan fingerprint density at radius 1 is 1.23 bits per heavy atom. The first kappa shape index (κ1) is 18.1. The van der Waals surface area contributed by atoms with Crippen LogP contribution in [0.1, 0.15) is 18.1 Å². The van der Waals surface area contributed by atoms with Crippen LogP contribution >= 0.6 is 11.8 Å². The third-order valence-electron chi connectivity index (χ3n) is 3.85. The van der Waals surface area contributed by atoms with E-state index in [-0.39, 0.29) is 5.91 Å². The molecule has 0 aliphatic rings. The Hall–Kier alpha value is -2.67. The predicted molar refractivity (Wildman–Crippen MR) is 103 cm³/mol. The van der Waals surface area contributed by atoms with Crippen molar-refractivity contribution in [2.75, 3.05) is 5.75 Å². The standard InChI is InChI=1S/C19H21N5OS/c1-3-24-18(16-8-4-6-14(2)10-16)22-23-19(24)26-13-17(25)21-12-15-7-5-9-20-11-15/h4-11H,3,12-13H2,1-2H3,(H,21,25). The van der Waals surface area contributed by atoms with Gasteiger partial charge in [0.15, 0.2) is 11.0 Å². The van der Waals surface area contributed by atoms with Crippen LogP contribution in [-0.4, -0.2) is 31.4 Å². The van der Waals surface area contributed by atoms with Crippen molar-refractivity contribution in [1.82, 2.24) is 25.1 Å². The van der Waals surface area contributed by atoms with Crippen molar-refractivity contribution in [3.05, 3.63) is 59.9 Å². The van der Waals surface area contributed by atoms with Crippen molar-refractivity contribution in [3.63, 3.8) is 0 Å². The Balaban J connectivity index is 1.62. The van der Waals surface area contributed by atoms with E-state index in [9.17, 15) is 4.79 Å². The zero-order chi connectivity index (χ0) is 18.4. The lowest BCUT2D eigenvalue weighted by atomic mass is 10.1. The topological polar surface area (TPSA) is 72.7 Å². The number of carbonyl (C=O) groups excluding carboxylic acids is 1. The highest BCUT2D eigenvalue weighted by molar-refractivity contribution is 7.99. The van der Waals surface area contributed by atoms with E-state index in [0.29, 0.717) is 12.3 Å². The molecule has 2 aromatic heterocycles. The third-order valence-corrected chi connectivity index (χ3v) is 4.82. The number of nitrogens with zero attached hydrogens (tertiary/aromatic N) is 4. The van der Waals surface area contributed by atoms with E-state index >= 15 is 0 Å². The number of benzene rings is 1. The van der Waals surface area contributed by atoms with Crippen LogP contribution < -0.4 is 5.32 Å². The third kappa shape index (κ3) is 4.49. The minimum absolute atomic E-state index is 0.0402. The van der Waals surface area contributed by atoms with Crippen molar-refractivity contribution in [3.8, 4) is 11.4 Å². The van der Waals surface area contributed by atoms with Gasteiger partial charge in [0.2, 0.25) is 5.91 Å². The second-order valence-corrected chi connectivity index (χ2v) is 6.79. The number of rotatable bonds is 7. The van der Waals surface area contributed by atoms with E-state index in [1.165, 1.54) is 17.3 Å². The fraction of sp³-hybridized carbons (Fsp3) is 0.263. The molecule has 0 aliphatic carbocycles. The number of amides is 1. The summed E-state index contributed by atoms with van der Waals surface area (Å²) in [5.74, 6) is 1.09. The first-order valence-corrected chi connectivity index (χ1v) is 9.44. The van der Waals surface area contributed by atoms with E-state index in [1.54, 1.807) is 12.4 Å². The van der Waals surface area contributed by atoms with Gasteiger partial charge in [-0.05, 0) is 31.5 Å². The van der Waals surface area contributed by atoms with E-state index in [4.69, 9.17) is 0 Å². The molecule has 2 heterocycles. The summed E-state index contributed by atoms with van der Waals surface area (Å²) < 4.78 is 2.04. The molecule has 0 unspecified atom stereocenters. The van der Waals surface area contributed by atoms with Crippen molar-refractivity contribution in [2.45, 2.75) is 32.1 Å². The molecule has 7 heteroatoms. The highest BCUT2D eigenvalue weighted by Crippen LogP contribution is 2.24. The zero-order valence-electron chi connectivity index (χ0n) is 14.8. The van der Waals surface area contributed by atoms with Gasteiger partial charge >= 0.3 is 0 Å². The fourth-order valence-corrected chi connectivity index (χ4v) is 3.39. The molecular formula is C19H21N5OS. The smallest absolute Gasteiger partial charge is 0.230 e. The van der Waals surface area contributed by atoms with Gasteiger partial charge in [-0.3, -0.25) is 9.78 Å². The molecule has 0 radical (unpaired) electrons. The summed E-state index contributed by atoms with van der Waals surface area (Å²) in [6.45, 7) is 5.33. The monoisotopic (exact) mass is 367 g/mol. The average molecular weight is 367 g/mol. The summed E-state index contributed by atoms with van der Waals surface area (Å²) in [4.78, 5) is 16.1. The van der Waals surface area contributed by atoms with E-state index in [2.05, 4.69) is 46.5 Å². The van der Waals surface area contributed by atoms with Gasteiger partial charge in [0, 0.05) is 31.0 Å². The molecule has 1 amide bonds. The lowest BCUT2D eigenvalue weighted by molar-refractivity contribution is -0.118. The van der Waals surface area contributed by atoms with Gasteiger partial charge in [-0.1, -0.05) is 41.6 Å². The molecule has 26 heavy (non-hydrogen) atoms. The molecule has 1 N–H and O–H groups in total. The van der Waals surface area contributed by atoms with Crippen molar-refractivity contribution >= 4 is 17.7 Å². The molecule has 0 saturated heterocycles. The minimum Gasteiger partial charge on any atom is -0.351 e. The molecule has 0 aliphatic heterocycles. The molecule has 0 saturated carbocycles. The van der Waals surface area contributed by atoms with Crippen LogP contribution in [0.2, 0.25) is 0 Å². The van der Waals surface area contributed by atoms with E-state index in [1.807, 2.05) is 28.8 Å². The summed E-state index contributed by atoms with van der Waals surface area (Å²) in [5.41, 5.74) is 3.19. The van der Waals surface area contributed by atoms with Gasteiger partial charge in [-0.15, -0.1) is 10.2 Å². The molecule has 0 bridgehead atoms. The Morgan fingerprint density at radius 2 is 2.12 bits per heavy atom. The highest BCUT2D eigenvalue weighted by Gasteiger charge is 2.14. The van der Waals surface area contributed by atoms with Gasteiger partial charge in [0.25, 0.3) is 0 Å². The fourth-order valence-electron chi connectivity index (χ4n) is 2.56. The lowest BCUT2D eigenvalue weighted by Gasteiger charge is -2.08. The summed E-state index contributed by atoms with van der Waals surface area (Å²) in [7, 11) is 0. The lowest BCUT2D eigenvalue weighted by Crippen LogP contribution is -2.24. The van der Waals surface area contributed by atoms with Crippen LogP contribution in [0.5, 0.6) is 0 Å². The highest BCUT2D eigenvalue weighted by atomic mass is 32.2. The number of hydrogen-bond acceptors (Lipinski definition) is 5. The predicted octanol–water partition coefficient (Wildman–Crippen LogP) is 3.08. The van der Waals surface area contributed by atoms with Gasteiger partial charge in [0.1, 0.15) is 0 Å². The summed E-state index contributed by atoms with van der Waals surface area (Å²) in [6.07, 6.45) is 3.46. The summed E-state index contributed by atoms with van der Waals surface area (Å²) in [5, 5.41) is 12.2. The first-order valence-electron chi connectivity index (χ1n) is 8.46. The number of thioether (sulfide) groups is 1. The van der Waals surface area contributed by atoms with E-state index in [0.717, 1.165) is 28.7 Å². The van der Waals surface area contributed by atoms with Gasteiger partial charge in [0.05, 0.1) is 5.75 Å². The van der Waals surface area contributed by atoms with Crippen LogP contribution in [-0.2, 0) is 17.9 Å². The van der Waals surface area contributed by atoms with Crippen LogP contribution in [0, 0.1) is 6.92 Å². The molecule has 3 aromatic rings. The largest absolute Gasteiger partial charge is 0.351 e. The second kappa shape index (κ2) is 8.62. The summed E-state index contributed by atoms with van der Waals surface area (Å²) >= 11 is 1.40. The number of aromatic nitrogens is 4. The zero-order valence-corrected chi connectivity index (χ0v) is 15.7. The second-order valence-electron chi connectivity index (χ2n) is 5.85. The molecule has 0 spiro atoms. The molecule has 3 rings (SSSR count). The van der Waals surface area contributed by atoms with Crippen LogP contribution in [0.4, 0.5) is 0 Å². The molecule has 0 fully saturated rings. The van der Waals surface area contributed by atoms with Crippen LogP contribution in [0.25, 0.3) is 11.4 Å². The normalized spacial score (nSPS) is 10.7. The molecular weight excluding hydrogens is 346 g/mol. The Labute approximate surface area is 157 Å². The Morgan fingerprint density at radius 3 is 2.85 bits per heavy atom. The molecule has 1 aromatic carbocycles. The Bertz CT molecular complexity index is 879. The van der Waals surface area contributed by atoms with E-state index < -0.39 is 0 Å². The number of aryl methyl sites for hydroxylation is 1. The van der Waals surface area contributed by atoms with Gasteiger partial charge in [-0.25, -0.2) is 0 Å². The van der Waals surface area contributed by atoms with Gasteiger partial charge < -0.3 is 9.88 Å². The van der Waals surface area contributed by atoms with Crippen molar-refractivity contribution in [1.29, 1.82) is 0 Å². The summed E-state index contributed by atoms with van der Waals surface area (Å²) in [6, 6.07) is 12.0. The Kier molecular flexibility index (Phi) is 6.01. The molecule has 0 atom stereocenters. The minimum atomic E-state index is -0.0402. The quantitative estimate of drug-likeness (QED) is 0.650. The van der Waals surface area contributed by atoms with Crippen molar-refractivity contribution in [2.24, 2.45) is 0 Å². The number of carbonyl (C=O) groups is 1. The van der Waals surface area contributed by atoms with Gasteiger partial charge in [-0.2, -0.15) is 0 Å². The number of hydrogen-bond donors (Lipinski definition) is 1. The van der Waals surface area contributed by atoms with Crippen LogP contribution in [0.3, 0.4) is 0 Å². The average Bonchev–Trinajstić information content (AvgIpc) is 3.08. The maximum atomic E-state index is 12.1. The molecule has 6 nitrogen and oxygen atoms in total. The maximum absolute atomic E-state index is 12.1.